The van der Waals surface area contributed by atoms with E-state index in [4.69, 9.17) is 23.2 Å². The van der Waals surface area contributed by atoms with E-state index in [1.54, 1.807) is 12.3 Å². The Morgan fingerprint density at radius 1 is 1.19 bits per heavy atom. The third-order valence-electron chi connectivity index (χ3n) is 4.84. The summed E-state index contributed by atoms with van der Waals surface area (Å²) >= 11 is 14.2. The quantitative estimate of drug-likeness (QED) is 0.751. The summed E-state index contributed by atoms with van der Waals surface area (Å²) in [4.78, 5) is 19.9. The summed E-state index contributed by atoms with van der Waals surface area (Å²) in [6.45, 7) is 3.46. The maximum atomic E-state index is 13.4. The van der Waals surface area contributed by atoms with Gasteiger partial charge in [0.05, 0.1) is 22.3 Å². The number of aliphatic imine (C=N–C) groups is 1. The normalized spacial score (nSPS) is 22.7. The summed E-state index contributed by atoms with van der Waals surface area (Å²) in [6.07, 6.45) is 1.71. The van der Waals surface area contributed by atoms with Crippen molar-refractivity contribution < 1.29 is 4.79 Å². The molecule has 1 aromatic carbocycles. The first-order valence-electron chi connectivity index (χ1n) is 8.46. The van der Waals surface area contributed by atoms with E-state index < -0.39 is 5.92 Å². The van der Waals surface area contributed by atoms with Crippen LogP contribution in [0, 0.1) is 5.92 Å². The van der Waals surface area contributed by atoms with Crippen molar-refractivity contribution in [3.63, 3.8) is 0 Å². The van der Waals surface area contributed by atoms with Crippen molar-refractivity contribution in [3.8, 4) is 0 Å². The van der Waals surface area contributed by atoms with Crippen LogP contribution >= 0.6 is 35.0 Å². The molecule has 26 heavy (non-hydrogen) atoms. The van der Waals surface area contributed by atoms with Gasteiger partial charge in [0.15, 0.2) is 5.82 Å². The van der Waals surface area contributed by atoms with E-state index in [1.807, 2.05) is 46.5 Å². The topological polar surface area (TPSA) is 50.5 Å². The van der Waals surface area contributed by atoms with Gasteiger partial charge in [0.25, 0.3) is 0 Å². The first kappa shape index (κ1) is 17.9. The molecule has 1 amide bonds. The highest BCUT2D eigenvalue weighted by Gasteiger charge is 2.40. The summed E-state index contributed by atoms with van der Waals surface area (Å²) in [5.74, 6) is 2.39. The maximum Gasteiger partial charge on any atom is 0.233 e. The fourth-order valence-corrected chi connectivity index (χ4v) is 4.76. The van der Waals surface area contributed by atoms with Crippen molar-refractivity contribution in [2.24, 2.45) is 10.9 Å². The molecule has 3 heterocycles. The van der Waals surface area contributed by atoms with Crippen molar-refractivity contribution in [3.05, 3.63) is 46.1 Å². The van der Waals surface area contributed by atoms with Gasteiger partial charge in [-0.2, -0.15) is 16.9 Å². The zero-order valence-corrected chi connectivity index (χ0v) is 16.6. The van der Waals surface area contributed by atoms with Gasteiger partial charge in [0.2, 0.25) is 5.91 Å². The molecule has 0 radical (unpaired) electrons. The molecule has 0 N–H and O–H groups in total. The molecule has 2 aliphatic rings. The molecule has 2 aliphatic heterocycles. The smallest absolute Gasteiger partial charge is 0.233 e. The number of thioether (sulfide) groups is 1. The summed E-state index contributed by atoms with van der Waals surface area (Å²) in [7, 11) is 0. The van der Waals surface area contributed by atoms with E-state index in [1.165, 1.54) is 0 Å². The van der Waals surface area contributed by atoms with Gasteiger partial charge in [0, 0.05) is 36.4 Å². The van der Waals surface area contributed by atoms with Crippen LogP contribution in [-0.2, 0) is 4.79 Å². The van der Waals surface area contributed by atoms with E-state index in [9.17, 15) is 4.79 Å². The summed E-state index contributed by atoms with van der Waals surface area (Å²) in [5.41, 5.74) is 1.71. The van der Waals surface area contributed by atoms with Gasteiger partial charge in [-0.1, -0.05) is 29.3 Å². The van der Waals surface area contributed by atoms with Crippen LogP contribution in [0.4, 0.5) is 5.82 Å². The molecule has 0 spiro atoms. The molecule has 1 fully saturated rings. The molecule has 1 saturated heterocycles. The van der Waals surface area contributed by atoms with E-state index in [-0.39, 0.29) is 11.9 Å². The second-order valence-electron chi connectivity index (χ2n) is 6.42. The predicted molar refractivity (Wildman–Crippen MR) is 107 cm³/mol. The number of carbonyl (C=O) groups is 1. The lowest BCUT2D eigenvalue weighted by molar-refractivity contribution is -0.134. The van der Waals surface area contributed by atoms with Crippen molar-refractivity contribution in [1.29, 1.82) is 0 Å². The van der Waals surface area contributed by atoms with Crippen LogP contribution in [0.3, 0.4) is 0 Å². The molecule has 0 aliphatic carbocycles. The number of hydrogen-bond acceptors (Lipinski definition) is 4. The minimum Gasteiger partial charge on any atom is -0.340 e. The fraction of sp³-hybridized carbons (Fsp3) is 0.389. The summed E-state index contributed by atoms with van der Waals surface area (Å²) < 4.78 is 1.81. The zero-order chi connectivity index (χ0) is 18.3. The number of nitrogens with zero attached hydrogens (tertiary/aromatic N) is 4. The average molecular weight is 409 g/mol. The van der Waals surface area contributed by atoms with Crippen LogP contribution in [-0.4, -0.2) is 50.9 Å². The Bertz CT molecular complexity index is 876. The highest BCUT2D eigenvalue weighted by molar-refractivity contribution is 7.99. The third kappa shape index (κ3) is 3.15. The van der Waals surface area contributed by atoms with Gasteiger partial charge in [-0.15, -0.1) is 0 Å². The lowest BCUT2D eigenvalue weighted by Crippen LogP contribution is -2.47. The standard InChI is InChI=1S/C18H18Cl2N4OS/c1-11-16(18(25)23-6-8-26-9-7-23)17(24-15(22-11)4-5-21-24)12-2-3-13(19)14(20)10-12/h2-5,10,16-17H,6-9H2,1H3. The van der Waals surface area contributed by atoms with Crippen LogP contribution in [0.15, 0.2) is 35.5 Å². The highest BCUT2D eigenvalue weighted by atomic mass is 35.5. The van der Waals surface area contributed by atoms with Crippen LogP contribution in [0.2, 0.25) is 10.0 Å². The van der Waals surface area contributed by atoms with Gasteiger partial charge in [-0.3, -0.25) is 4.79 Å². The van der Waals surface area contributed by atoms with Crippen molar-refractivity contribution in [1.82, 2.24) is 14.7 Å². The molecule has 1 aromatic heterocycles. The van der Waals surface area contributed by atoms with Gasteiger partial charge in [0.1, 0.15) is 5.92 Å². The second kappa shape index (κ2) is 7.25. The molecule has 5 nitrogen and oxygen atoms in total. The molecule has 0 bridgehead atoms. The number of benzene rings is 1. The Morgan fingerprint density at radius 2 is 1.96 bits per heavy atom. The number of aromatic nitrogens is 2. The predicted octanol–water partition coefficient (Wildman–Crippen LogP) is 4.08. The minimum atomic E-state index is -0.400. The second-order valence-corrected chi connectivity index (χ2v) is 8.46. The number of carbonyl (C=O) groups excluding carboxylic acids is 1. The Morgan fingerprint density at radius 3 is 2.69 bits per heavy atom. The molecular formula is C18H18Cl2N4OS. The van der Waals surface area contributed by atoms with Crippen LogP contribution in [0.25, 0.3) is 0 Å². The third-order valence-corrected chi connectivity index (χ3v) is 6.53. The summed E-state index contributed by atoms with van der Waals surface area (Å²) in [6, 6.07) is 7.07. The fourth-order valence-electron chi connectivity index (χ4n) is 3.55. The first-order chi connectivity index (χ1) is 12.6. The van der Waals surface area contributed by atoms with Crippen molar-refractivity contribution in [2.45, 2.75) is 13.0 Å². The monoisotopic (exact) mass is 408 g/mol. The van der Waals surface area contributed by atoms with Gasteiger partial charge < -0.3 is 4.90 Å². The lowest BCUT2D eigenvalue weighted by atomic mass is 9.87. The SMILES string of the molecule is CC1=Nc2ccnn2C(c2ccc(Cl)c(Cl)c2)C1C(=O)N1CCSCC1. The number of amides is 1. The van der Waals surface area contributed by atoms with E-state index >= 15 is 0 Å². The lowest BCUT2D eigenvalue weighted by Gasteiger charge is -2.36. The molecular weight excluding hydrogens is 391 g/mol. The van der Waals surface area contributed by atoms with Crippen LogP contribution < -0.4 is 0 Å². The first-order valence-corrected chi connectivity index (χ1v) is 10.4. The largest absolute Gasteiger partial charge is 0.340 e. The van der Waals surface area contributed by atoms with Crippen LogP contribution in [0.5, 0.6) is 0 Å². The zero-order valence-electron chi connectivity index (χ0n) is 14.2. The number of halogens is 2. The van der Waals surface area contributed by atoms with Gasteiger partial charge in [-0.25, -0.2) is 9.67 Å². The molecule has 2 atom stereocenters. The van der Waals surface area contributed by atoms with E-state index in [2.05, 4.69) is 10.1 Å². The van der Waals surface area contributed by atoms with E-state index in [0.717, 1.165) is 41.7 Å². The number of hydrogen-bond donors (Lipinski definition) is 0. The molecule has 2 aromatic rings. The van der Waals surface area contributed by atoms with E-state index in [0.29, 0.717) is 10.0 Å². The Balaban J connectivity index is 1.79. The number of fused-ring (bicyclic) bond motifs is 1. The molecule has 0 saturated carbocycles. The van der Waals surface area contributed by atoms with Crippen molar-refractivity contribution >= 4 is 52.4 Å². The van der Waals surface area contributed by atoms with Gasteiger partial charge in [-0.05, 0) is 24.6 Å². The molecule has 8 heteroatoms. The Kier molecular flexibility index (Phi) is 4.99. The minimum absolute atomic E-state index is 0.101. The summed E-state index contributed by atoms with van der Waals surface area (Å²) in [5, 5.41) is 5.40. The van der Waals surface area contributed by atoms with Crippen molar-refractivity contribution in [2.75, 3.05) is 24.6 Å². The van der Waals surface area contributed by atoms with Crippen LogP contribution in [0.1, 0.15) is 18.5 Å². The molecule has 2 unspecified atom stereocenters. The molecule has 4 rings (SSSR count). The van der Waals surface area contributed by atoms with Gasteiger partial charge >= 0.3 is 0 Å². The Labute approximate surface area is 166 Å². The highest BCUT2D eigenvalue weighted by Crippen LogP contribution is 2.38. The number of rotatable bonds is 2. The maximum absolute atomic E-state index is 13.4. The molecule has 136 valence electrons. The Hall–Kier alpha value is -1.50. The average Bonchev–Trinajstić information content (AvgIpc) is 3.11.